The molecule has 7 nitrogen and oxygen atoms in total. The molecule has 2 rings (SSSR count). The third-order valence-corrected chi connectivity index (χ3v) is 2.64. The first-order valence-corrected chi connectivity index (χ1v) is 5.81. The van der Waals surface area contributed by atoms with E-state index >= 15 is 0 Å². The number of pyridine rings is 2. The van der Waals surface area contributed by atoms with Crippen LogP contribution in [0, 0.1) is 12.3 Å². The highest BCUT2D eigenvalue weighted by Gasteiger charge is 2.11. The van der Waals surface area contributed by atoms with Crippen molar-refractivity contribution in [3.8, 4) is 0 Å². The molecule has 0 spiro atoms. The smallest absolute Gasteiger partial charge is 0.317 e. The van der Waals surface area contributed by atoms with Gasteiger partial charge in [0.1, 0.15) is 5.82 Å². The molecule has 2 heterocycles. The molecule has 0 atom stereocenters. The summed E-state index contributed by atoms with van der Waals surface area (Å²) < 4.78 is 0. The Labute approximate surface area is 115 Å². The lowest BCUT2D eigenvalue weighted by Gasteiger charge is -2.09. The Morgan fingerprint density at radius 3 is 2.70 bits per heavy atom. The van der Waals surface area contributed by atoms with Gasteiger partial charge < -0.3 is 11.5 Å². The Kier molecular flexibility index (Phi) is 3.60. The zero-order chi connectivity index (χ0) is 14.7. The predicted molar refractivity (Wildman–Crippen MR) is 76.8 cm³/mol. The molecule has 0 aliphatic heterocycles. The minimum atomic E-state index is -0.718. The van der Waals surface area contributed by atoms with E-state index in [9.17, 15) is 4.79 Å². The van der Waals surface area contributed by atoms with Gasteiger partial charge in [-0.05, 0) is 19.1 Å². The van der Waals surface area contributed by atoms with Crippen LogP contribution < -0.4 is 16.8 Å². The summed E-state index contributed by atoms with van der Waals surface area (Å²) in [5.74, 6) is 0.248. The molecule has 6 N–H and O–H groups in total. The van der Waals surface area contributed by atoms with Crippen molar-refractivity contribution >= 4 is 23.2 Å². The Hall–Kier alpha value is -2.96. The standard InChI is InChI=1S/C13H14N6O/c1-7-4-8(2-3-17-7)12(15)9-6-18-11(5-10(9)14)19-13(16)20/h2-6,15H,1H3,(H5,14,16,18,19,20). The minimum absolute atomic E-state index is 0.242. The molecule has 0 aliphatic carbocycles. The molecule has 0 saturated carbocycles. The number of rotatable bonds is 3. The van der Waals surface area contributed by atoms with Crippen LogP contribution in [0.4, 0.5) is 16.3 Å². The van der Waals surface area contributed by atoms with Crippen molar-refractivity contribution in [1.82, 2.24) is 9.97 Å². The Morgan fingerprint density at radius 1 is 1.35 bits per heavy atom. The SMILES string of the molecule is Cc1cc(C(=N)c2cnc(NC(N)=O)cc2N)ccn1. The zero-order valence-corrected chi connectivity index (χ0v) is 10.8. The fourth-order valence-corrected chi connectivity index (χ4v) is 1.73. The number of carbonyl (C=O) groups is 1. The lowest BCUT2D eigenvalue weighted by atomic mass is 10.0. The highest BCUT2D eigenvalue weighted by molar-refractivity contribution is 6.13. The second kappa shape index (κ2) is 5.35. The summed E-state index contributed by atoms with van der Waals surface area (Å²) in [6.07, 6.45) is 3.06. The monoisotopic (exact) mass is 270 g/mol. The van der Waals surface area contributed by atoms with Gasteiger partial charge in [0.15, 0.2) is 0 Å². The predicted octanol–water partition coefficient (Wildman–Crippen LogP) is 1.27. The Morgan fingerprint density at radius 2 is 2.10 bits per heavy atom. The van der Waals surface area contributed by atoms with E-state index < -0.39 is 6.03 Å². The highest BCUT2D eigenvalue weighted by Crippen LogP contribution is 2.18. The fraction of sp³-hybridized carbons (Fsp3) is 0.0769. The normalized spacial score (nSPS) is 10.1. The summed E-state index contributed by atoms with van der Waals surface area (Å²) in [6.45, 7) is 1.85. The van der Waals surface area contributed by atoms with Gasteiger partial charge in [-0.25, -0.2) is 9.78 Å². The van der Waals surface area contributed by atoms with Crippen LogP contribution in [-0.4, -0.2) is 21.7 Å². The molecule has 0 unspecified atom stereocenters. The number of nitrogen functional groups attached to an aromatic ring is 1. The number of nitrogens with two attached hydrogens (primary N) is 2. The number of urea groups is 1. The van der Waals surface area contributed by atoms with Crippen molar-refractivity contribution in [3.05, 3.63) is 47.4 Å². The fourth-order valence-electron chi connectivity index (χ4n) is 1.73. The van der Waals surface area contributed by atoms with Gasteiger partial charge >= 0.3 is 6.03 Å². The molecule has 7 heteroatoms. The lowest BCUT2D eigenvalue weighted by Crippen LogP contribution is -2.20. The van der Waals surface area contributed by atoms with Crippen LogP contribution in [0.15, 0.2) is 30.6 Å². The van der Waals surface area contributed by atoms with E-state index in [1.165, 1.54) is 12.3 Å². The number of amides is 2. The number of carbonyl (C=O) groups excluding carboxylic acids is 1. The topological polar surface area (TPSA) is 131 Å². The molecule has 102 valence electrons. The molecule has 0 aliphatic rings. The first-order chi connectivity index (χ1) is 9.47. The third-order valence-electron chi connectivity index (χ3n) is 2.64. The van der Waals surface area contributed by atoms with Crippen LogP contribution in [-0.2, 0) is 0 Å². The van der Waals surface area contributed by atoms with Gasteiger partial charge in [-0.2, -0.15) is 0 Å². The summed E-state index contributed by atoms with van der Waals surface area (Å²) in [7, 11) is 0. The zero-order valence-electron chi connectivity index (χ0n) is 10.8. The minimum Gasteiger partial charge on any atom is -0.398 e. The van der Waals surface area contributed by atoms with E-state index in [1.807, 2.05) is 6.92 Å². The molecule has 20 heavy (non-hydrogen) atoms. The van der Waals surface area contributed by atoms with Crippen LogP contribution in [0.25, 0.3) is 0 Å². The molecule has 2 aromatic rings. The molecule has 0 aromatic carbocycles. The largest absolute Gasteiger partial charge is 0.398 e. The van der Waals surface area contributed by atoms with Gasteiger partial charge in [0, 0.05) is 41.0 Å². The summed E-state index contributed by atoms with van der Waals surface area (Å²) in [5, 5.41) is 10.5. The number of hydrogen-bond acceptors (Lipinski definition) is 5. The second-order valence-corrected chi connectivity index (χ2v) is 4.21. The van der Waals surface area contributed by atoms with Crippen molar-refractivity contribution in [3.63, 3.8) is 0 Å². The molecular weight excluding hydrogens is 256 g/mol. The Bertz CT molecular complexity index is 682. The number of nitrogens with one attached hydrogen (secondary N) is 2. The maximum atomic E-state index is 10.7. The molecule has 0 radical (unpaired) electrons. The van der Waals surface area contributed by atoms with Crippen LogP contribution >= 0.6 is 0 Å². The number of aromatic nitrogens is 2. The number of nitrogens with zero attached hydrogens (tertiary/aromatic N) is 2. The summed E-state index contributed by atoms with van der Waals surface area (Å²) in [6, 6.07) is 4.26. The quantitative estimate of drug-likeness (QED) is 0.625. The van der Waals surface area contributed by atoms with Gasteiger partial charge in [-0.15, -0.1) is 0 Å². The van der Waals surface area contributed by atoms with E-state index in [0.717, 1.165) is 5.69 Å². The van der Waals surface area contributed by atoms with E-state index in [0.29, 0.717) is 16.8 Å². The maximum Gasteiger partial charge on any atom is 0.317 e. The molecule has 2 aromatic heterocycles. The highest BCUT2D eigenvalue weighted by atomic mass is 16.2. The van der Waals surface area contributed by atoms with E-state index in [1.54, 1.807) is 18.3 Å². The number of hydrogen-bond donors (Lipinski definition) is 4. The van der Waals surface area contributed by atoms with Crippen molar-refractivity contribution in [2.24, 2.45) is 5.73 Å². The Balaban J connectivity index is 2.33. The second-order valence-electron chi connectivity index (χ2n) is 4.21. The molecule has 0 bridgehead atoms. The average Bonchev–Trinajstić information content (AvgIpc) is 2.37. The van der Waals surface area contributed by atoms with Crippen molar-refractivity contribution in [2.75, 3.05) is 11.1 Å². The number of aryl methyl sites for hydroxylation is 1. The van der Waals surface area contributed by atoms with Gasteiger partial charge in [-0.1, -0.05) is 0 Å². The van der Waals surface area contributed by atoms with Crippen LogP contribution in [0.3, 0.4) is 0 Å². The number of anilines is 2. The van der Waals surface area contributed by atoms with Gasteiger partial charge in [0.05, 0.1) is 5.71 Å². The van der Waals surface area contributed by atoms with Crippen LogP contribution in [0.1, 0.15) is 16.8 Å². The number of primary amides is 1. The lowest BCUT2D eigenvalue weighted by molar-refractivity contribution is 0.259. The van der Waals surface area contributed by atoms with Gasteiger partial charge in [0.25, 0.3) is 0 Å². The average molecular weight is 270 g/mol. The van der Waals surface area contributed by atoms with E-state index in [2.05, 4.69) is 15.3 Å². The first kappa shape index (κ1) is 13.5. The third kappa shape index (κ3) is 2.89. The molecule has 2 amide bonds. The van der Waals surface area contributed by atoms with Crippen molar-refractivity contribution in [1.29, 1.82) is 5.41 Å². The summed E-state index contributed by atoms with van der Waals surface area (Å²) in [4.78, 5) is 18.8. The maximum absolute atomic E-state index is 10.7. The first-order valence-electron chi connectivity index (χ1n) is 5.81. The molecule has 0 saturated heterocycles. The van der Waals surface area contributed by atoms with Crippen LogP contribution in [0.2, 0.25) is 0 Å². The van der Waals surface area contributed by atoms with Crippen LogP contribution in [0.5, 0.6) is 0 Å². The summed E-state index contributed by atoms with van der Waals surface area (Å²) >= 11 is 0. The summed E-state index contributed by atoms with van der Waals surface area (Å²) in [5.41, 5.74) is 13.4. The van der Waals surface area contributed by atoms with E-state index in [4.69, 9.17) is 16.9 Å². The van der Waals surface area contributed by atoms with E-state index in [-0.39, 0.29) is 11.5 Å². The molecule has 0 fully saturated rings. The van der Waals surface area contributed by atoms with Crippen molar-refractivity contribution in [2.45, 2.75) is 6.92 Å². The molecular formula is C13H14N6O. The van der Waals surface area contributed by atoms with Gasteiger partial charge in [0.2, 0.25) is 0 Å². The van der Waals surface area contributed by atoms with Crippen molar-refractivity contribution < 1.29 is 4.79 Å². The van der Waals surface area contributed by atoms with Gasteiger partial charge in [-0.3, -0.25) is 15.7 Å².